The van der Waals surface area contributed by atoms with Gasteiger partial charge >= 0.3 is 6.18 Å². The number of halogens is 3. The SMILES string of the molecule is C[SiH2]C(=O)C(F)(F)F. The van der Waals surface area contributed by atoms with Gasteiger partial charge in [-0.25, -0.2) is 0 Å². The Bertz CT molecular complexity index is 97.2. The maximum absolute atomic E-state index is 11.1. The normalized spacial score (nSPS) is 13.0. The van der Waals surface area contributed by atoms with Gasteiger partial charge in [-0.2, -0.15) is 13.2 Å². The van der Waals surface area contributed by atoms with Gasteiger partial charge in [0.15, 0.2) is 0 Å². The number of hydrogen-bond acceptors (Lipinski definition) is 1. The average molecular weight is 142 g/mol. The van der Waals surface area contributed by atoms with Crippen LogP contribution in [0, 0.1) is 0 Å². The molecule has 0 bridgehead atoms. The fourth-order valence-corrected chi connectivity index (χ4v) is 0.601. The van der Waals surface area contributed by atoms with Crippen LogP contribution in [0.2, 0.25) is 6.55 Å². The molecule has 0 saturated heterocycles. The van der Waals surface area contributed by atoms with E-state index in [2.05, 4.69) is 0 Å². The van der Waals surface area contributed by atoms with Gasteiger partial charge in [-0.1, -0.05) is 6.55 Å². The molecule has 0 aromatic heterocycles. The summed E-state index contributed by atoms with van der Waals surface area (Å²) in [6.07, 6.45) is -4.57. The van der Waals surface area contributed by atoms with E-state index in [0.717, 1.165) is 0 Å². The first-order chi connectivity index (χ1) is 3.48. The summed E-state index contributed by atoms with van der Waals surface area (Å²) < 4.78 is 33.4. The van der Waals surface area contributed by atoms with E-state index in [9.17, 15) is 18.0 Å². The van der Waals surface area contributed by atoms with Crippen molar-refractivity contribution < 1.29 is 18.0 Å². The second kappa shape index (κ2) is 2.30. The number of hydrogen-bond donors (Lipinski definition) is 0. The minimum atomic E-state index is -4.57. The summed E-state index contributed by atoms with van der Waals surface area (Å²) in [5.41, 5.74) is 0. The Hall–Kier alpha value is -0.323. The van der Waals surface area contributed by atoms with Crippen LogP contribution >= 0.6 is 0 Å². The molecule has 0 aromatic rings. The van der Waals surface area contributed by atoms with Crippen molar-refractivity contribution in [2.45, 2.75) is 12.7 Å². The molecule has 0 unspecified atom stereocenters. The highest BCUT2D eigenvalue weighted by atomic mass is 28.2. The fourth-order valence-electron chi connectivity index (χ4n) is 0.200. The van der Waals surface area contributed by atoms with Crippen LogP contribution in [0.3, 0.4) is 0 Å². The van der Waals surface area contributed by atoms with Crippen LogP contribution < -0.4 is 0 Å². The first-order valence-corrected chi connectivity index (χ1v) is 4.20. The summed E-state index contributed by atoms with van der Waals surface area (Å²) in [4.78, 5) is 9.77. The van der Waals surface area contributed by atoms with Gasteiger partial charge in [-0.3, -0.25) is 4.79 Å². The van der Waals surface area contributed by atoms with E-state index in [4.69, 9.17) is 0 Å². The van der Waals surface area contributed by atoms with Crippen LogP contribution in [0.15, 0.2) is 0 Å². The Kier molecular flexibility index (Phi) is 2.21. The third kappa shape index (κ3) is 2.11. The third-order valence-corrected chi connectivity index (χ3v) is 1.68. The van der Waals surface area contributed by atoms with Gasteiger partial charge < -0.3 is 0 Å². The minimum Gasteiger partial charge on any atom is -0.296 e. The molecule has 0 N–H and O–H groups in total. The predicted molar refractivity (Wildman–Crippen MR) is 25.5 cm³/mol. The second-order valence-corrected chi connectivity index (χ2v) is 2.62. The molecule has 0 aromatic carbocycles. The number of rotatable bonds is 1. The predicted octanol–water partition coefficient (Wildman–Crippen LogP) is 0.292. The Morgan fingerprint density at radius 1 is 1.50 bits per heavy atom. The molecule has 48 valence electrons. The van der Waals surface area contributed by atoms with E-state index in [1.54, 1.807) is 0 Å². The molecule has 0 aliphatic heterocycles. The first-order valence-electron chi connectivity index (χ1n) is 2.08. The molecule has 5 heteroatoms. The lowest BCUT2D eigenvalue weighted by atomic mass is 10.7. The quantitative estimate of drug-likeness (QED) is 0.481. The molecule has 0 heterocycles. The lowest BCUT2D eigenvalue weighted by Crippen LogP contribution is -2.26. The van der Waals surface area contributed by atoms with Crippen LogP contribution in [0.25, 0.3) is 0 Å². The third-order valence-electron chi connectivity index (χ3n) is 0.637. The molecule has 0 saturated carbocycles. The molecular weight excluding hydrogens is 137 g/mol. The standard InChI is InChI=1S/C3H5F3OSi/c1-8-2(7)3(4,5)6/h8H2,1H3. The Morgan fingerprint density at radius 3 is 1.88 bits per heavy atom. The van der Waals surface area contributed by atoms with Crippen LogP contribution in [0.4, 0.5) is 13.2 Å². The molecule has 1 nitrogen and oxygen atoms in total. The number of alkyl halides is 3. The van der Waals surface area contributed by atoms with E-state index >= 15 is 0 Å². The summed E-state index contributed by atoms with van der Waals surface area (Å²) >= 11 is 0. The van der Waals surface area contributed by atoms with Crippen LogP contribution in [0.5, 0.6) is 0 Å². The summed E-state index contributed by atoms with van der Waals surface area (Å²) in [7, 11) is -1.53. The molecule has 0 aliphatic carbocycles. The van der Waals surface area contributed by atoms with E-state index < -0.39 is 21.1 Å². The Morgan fingerprint density at radius 2 is 1.88 bits per heavy atom. The van der Waals surface area contributed by atoms with Crippen molar-refractivity contribution >= 4 is 14.9 Å². The lowest BCUT2D eigenvalue weighted by Gasteiger charge is -1.99. The Balaban J connectivity index is 3.82. The van der Waals surface area contributed by atoms with Crippen molar-refractivity contribution in [3.63, 3.8) is 0 Å². The van der Waals surface area contributed by atoms with Crippen molar-refractivity contribution in [2.75, 3.05) is 0 Å². The monoisotopic (exact) mass is 142 g/mol. The van der Waals surface area contributed by atoms with Crippen molar-refractivity contribution in [2.24, 2.45) is 0 Å². The maximum atomic E-state index is 11.1. The first kappa shape index (κ1) is 7.68. The molecule has 8 heavy (non-hydrogen) atoms. The summed E-state index contributed by atoms with van der Waals surface area (Å²) in [5, 5.41) is -1.53. The maximum Gasteiger partial charge on any atom is 0.444 e. The van der Waals surface area contributed by atoms with Crippen molar-refractivity contribution in [1.29, 1.82) is 0 Å². The van der Waals surface area contributed by atoms with Gasteiger partial charge in [0.05, 0.1) is 0 Å². The van der Waals surface area contributed by atoms with Gasteiger partial charge in [0.25, 0.3) is 0 Å². The van der Waals surface area contributed by atoms with E-state index in [-0.39, 0.29) is 0 Å². The molecule has 0 amide bonds. The van der Waals surface area contributed by atoms with E-state index in [1.807, 2.05) is 0 Å². The highest BCUT2D eigenvalue weighted by Crippen LogP contribution is 2.14. The summed E-state index contributed by atoms with van der Waals surface area (Å²) in [6, 6.07) is 0. The van der Waals surface area contributed by atoms with Crippen LogP contribution in [-0.4, -0.2) is 21.1 Å². The summed E-state index contributed by atoms with van der Waals surface area (Å²) in [5.74, 6) is 0. The molecule has 0 radical (unpaired) electrons. The van der Waals surface area contributed by atoms with E-state index in [1.165, 1.54) is 6.55 Å². The topological polar surface area (TPSA) is 17.1 Å². The highest BCUT2D eigenvalue weighted by Gasteiger charge is 2.35. The van der Waals surface area contributed by atoms with E-state index in [0.29, 0.717) is 0 Å². The van der Waals surface area contributed by atoms with Gasteiger partial charge in [0, 0.05) is 0 Å². The average Bonchev–Trinajstić information content (AvgIpc) is 1.62. The van der Waals surface area contributed by atoms with Gasteiger partial charge in [0.1, 0.15) is 9.52 Å². The smallest absolute Gasteiger partial charge is 0.296 e. The molecule has 0 atom stereocenters. The van der Waals surface area contributed by atoms with Gasteiger partial charge in [-0.15, -0.1) is 0 Å². The fraction of sp³-hybridized carbons (Fsp3) is 0.667. The zero-order valence-electron chi connectivity index (χ0n) is 4.25. The van der Waals surface area contributed by atoms with Crippen molar-refractivity contribution in [1.82, 2.24) is 0 Å². The number of carbonyl (C=O) groups is 1. The molecule has 0 fully saturated rings. The highest BCUT2D eigenvalue weighted by molar-refractivity contribution is 6.74. The lowest BCUT2D eigenvalue weighted by molar-refractivity contribution is -0.161. The molecular formula is C3H5F3OSi. The second-order valence-electron chi connectivity index (χ2n) is 1.27. The van der Waals surface area contributed by atoms with Gasteiger partial charge in [-0.05, 0) is 0 Å². The zero-order chi connectivity index (χ0) is 6.78. The van der Waals surface area contributed by atoms with Crippen molar-refractivity contribution in [3.05, 3.63) is 0 Å². The van der Waals surface area contributed by atoms with Crippen LogP contribution in [-0.2, 0) is 4.79 Å². The largest absolute Gasteiger partial charge is 0.444 e. The molecule has 0 rings (SSSR count). The van der Waals surface area contributed by atoms with Gasteiger partial charge in [0.2, 0.25) is 5.41 Å². The molecule has 0 aliphatic rings. The molecule has 0 spiro atoms. The van der Waals surface area contributed by atoms with Crippen molar-refractivity contribution in [3.8, 4) is 0 Å². The van der Waals surface area contributed by atoms with Crippen LogP contribution in [0.1, 0.15) is 0 Å². The minimum absolute atomic E-state index is 1.32. The number of carbonyl (C=O) groups excluding carboxylic acids is 1. The Labute approximate surface area is 46.7 Å². The zero-order valence-corrected chi connectivity index (χ0v) is 5.66. The summed E-state index contributed by atoms with van der Waals surface area (Å²) in [6.45, 7) is 1.32.